The number of Topliss-reactive ketones (excluding diaryl/α,β-unsaturated/α-hetero) is 2. The van der Waals surface area contributed by atoms with E-state index in [1.807, 2.05) is 26.0 Å². The van der Waals surface area contributed by atoms with E-state index in [1.165, 1.54) is 18.3 Å². The van der Waals surface area contributed by atoms with E-state index < -0.39 is 28.8 Å². The second kappa shape index (κ2) is 7.29. The molecule has 0 saturated carbocycles. The van der Waals surface area contributed by atoms with Crippen LogP contribution in [0.1, 0.15) is 57.2 Å². The van der Waals surface area contributed by atoms with Crippen molar-refractivity contribution in [3.63, 3.8) is 0 Å². The van der Waals surface area contributed by atoms with E-state index in [1.54, 1.807) is 36.4 Å². The van der Waals surface area contributed by atoms with Gasteiger partial charge in [-0.15, -0.1) is 0 Å². The maximum Gasteiger partial charge on any atom is 0.293 e. The summed E-state index contributed by atoms with van der Waals surface area (Å²) in [7, 11) is 0. The Morgan fingerprint density at radius 2 is 1.83 bits per heavy atom. The zero-order valence-electron chi connectivity index (χ0n) is 19.6. The molecule has 2 aliphatic rings. The van der Waals surface area contributed by atoms with Crippen LogP contribution in [0.4, 0.5) is 5.69 Å². The molecule has 2 atom stereocenters. The van der Waals surface area contributed by atoms with E-state index in [4.69, 9.17) is 10.5 Å². The second-order valence-electron chi connectivity index (χ2n) is 9.54. The number of anilines is 1. The summed E-state index contributed by atoms with van der Waals surface area (Å²) in [6, 6.07) is 17.0. The number of ketones is 2. The molecule has 3 aromatic carbocycles. The quantitative estimate of drug-likeness (QED) is 0.200. The Bertz CT molecular complexity index is 1620. The average molecular weight is 482 g/mol. The lowest BCUT2D eigenvalue weighted by Crippen LogP contribution is -2.61. The summed E-state index contributed by atoms with van der Waals surface area (Å²) in [5, 5.41) is 15.1. The molecule has 1 aliphatic heterocycles. The van der Waals surface area contributed by atoms with Crippen LogP contribution in [-0.2, 0) is 16.1 Å². The first-order chi connectivity index (χ1) is 17.2. The van der Waals surface area contributed by atoms with Crippen molar-refractivity contribution >= 4 is 34.1 Å². The second-order valence-corrected chi connectivity index (χ2v) is 9.54. The molecule has 36 heavy (non-hydrogen) atoms. The summed E-state index contributed by atoms with van der Waals surface area (Å²) < 4.78 is 6.05. The molecule has 5 N–H and O–H groups in total. The summed E-state index contributed by atoms with van der Waals surface area (Å²) in [5.74, 6) is -4.43. The van der Waals surface area contributed by atoms with E-state index in [0.29, 0.717) is 10.9 Å². The summed E-state index contributed by atoms with van der Waals surface area (Å²) >= 11 is 0. The minimum Gasteiger partial charge on any atom is -0.454 e. The minimum absolute atomic E-state index is 0.0541. The molecule has 8 heteroatoms. The molecule has 0 bridgehead atoms. The maximum absolute atomic E-state index is 14.0. The Morgan fingerprint density at radius 3 is 2.61 bits per heavy atom. The fraction of sp³-hybridized carbons (Fsp3) is 0.179. The largest absolute Gasteiger partial charge is 0.454 e. The fourth-order valence-electron chi connectivity index (χ4n) is 5.35. The summed E-state index contributed by atoms with van der Waals surface area (Å²) in [6.07, 6.45) is 1.45. The molecule has 1 aromatic heterocycles. The van der Waals surface area contributed by atoms with Gasteiger partial charge in [-0.3, -0.25) is 14.4 Å². The first-order valence-electron chi connectivity index (χ1n) is 11.6. The van der Waals surface area contributed by atoms with Crippen LogP contribution in [-0.4, -0.2) is 27.6 Å². The van der Waals surface area contributed by atoms with Crippen LogP contribution in [0.5, 0.6) is 5.75 Å². The summed E-state index contributed by atoms with van der Waals surface area (Å²) in [4.78, 5) is 43.8. The predicted molar refractivity (Wildman–Crippen MR) is 133 cm³/mol. The molecule has 6 rings (SSSR count). The maximum atomic E-state index is 14.0. The molecular weight excluding hydrogens is 458 g/mol. The van der Waals surface area contributed by atoms with Crippen LogP contribution in [0, 0.1) is 0 Å². The number of aliphatic hydroxyl groups is 1. The van der Waals surface area contributed by atoms with Crippen molar-refractivity contribution in [1.29, 1.82) is 0 Å². The summed E-state index contributed by atoms with van der Waals surface area (Å²) in [6.45, 7) is 4.01. The van der Waals surface area contributed by atoms with Crippen molar-refractivity contribution in [3.8, 4) is 5.75 Å². The number of carbonyl (C=O) groups excluding carboxylic acids is 3. The molecule has 8 nitrogen and oxygen atoms in total. The number of nitrogens with one attached hydrogen (secondary N) is 2. The lowest BCUT2D eigenvalue weighted by atomic mass is 9.82. The highest BCUT2D eigenvalue weighted by Gasteiger charge is 2.72. The number of rotatable bonds is 4. The number of para-hydroxylation sites is 1. The van der Waals surface area contributed by atoms with Gasteiger partial charge in [-0.25, -0.2) is 0 Å². The van der Waals surface area contributed by atoms with E-state index >= 15 is 0 Å². The molecule has 2 heterocycles. The van der Waals surface area contributed by atoms with Crippen molar-refractivity contribution in [3.05, 3.63) is 94.7 Å². The van der Waals surface area contributed by atoms with Gasteiger partial charge >= 0.3 is 0 Å². The Kier molecular flexibility index (Phi) is 4.46. The van der Waals surface area contributed by atoms with Gasteiger partial charge in [-0.1, -0.05) is 56.3 Å². The molecule has 2 unspecified atom stereocenters. The van der Waals surface area contributed by atoms with E-state index in [9.17, 15) is 19.5 Å². The van der Waals surface area contributed by atoms with Crippen LogP contribution in [0.2, 0.25) is 0 Å². The molecule has 1 amide bonds. The van der Waals surface area contributed by atoms with Gasteiger partial charge in [0.15, 0.2) is 0 Å². The number of ether oxygens (including phenoxy) is 1. The Morgan fingerprint density at radius 1 is 1.06 bits per heavy atom. The highest BCUT2D eigenvalue weighted by molar-refractivity contribution is 6.45. The number of nitrogen functional groups attached to an aromatic ring is 1. The van der Waals surface area contributed by atoms with Crippen molar-refractivity contribution in [2.24, 2.45) is 0 Å². The molecule has 180 valence electrons. The third-order valence-corrected chi connectivity index (χ3v) is 7.21. The lowest BCUT2D eigenvalue weighted by molar-refractivity contribution is -0.174. The predicted octanol–water partition coefficient (Wildman–Crippen LogP) is 3.50. The van der Waals surface area contributed by atoms with Crippen molar-refractivity contribution in [2.45, 2.75) is 31.1 Å². The van der Waals surface area contributed by atoms with E-state index in [2.05, 4.69) is 10.3 Å². The number of carbonyl (C=O) groups is 3. The highest BCUT2D eigenvalue weighted by atomic mass is 16.6. The third kappa shape index (κ3) is 2.64. The first-order valence-corrected chi connectivity index (χ1v) is 11.6. The smallest absolute Gasteiger partial charge is 0.293 e. The topological polar surface area (TPSA) is 135 Å². The van der Waals surface area contributed by atoms with Gasteiger partial charge in [-0.2, -0.15) is 0 Å². The van der Waals surface area contributed by atoms with Crippen LogP contribution >= 0.6 is 0 Å². The van der Waals surface area contributed by atoms with Gasteiger partial charge in [0.2, 0.25) is 11.3 Å². The number of H-pyrrole nitrogens is 1. The lowest BCUT2D eigenvalue weighted by Gasteiger charge is -2.34. The average Bonchev–Trinajstić information content (AvgIpc) is 3.45. The van der Waals surface area contributed by atoms with Crippen LogP contribution in [0.25, 0.3) is 10.9 Å². The zero-order chi connectivity index (χ0) is 25.4. The SMILES string of the molecule is CC(C)c1ccc2c(c1)OC1(O)c3cccc(N)c3C(=O)C21NC(=O)C(=O)c1c[nH]c2ccccc12. The van der Waals surface area contributed by atoms with Crippen LogP contribution < -0.4 is 15.8 Å². The standard InChI is InChI=1S/C28H23N3O5/c1-14(2)15-10-11-18-22(12-15)36-28(35)19-7-5-8-20(29)23(19)25(33)27(18,28)31-26(34)24(32)17-13-30-21-9-4-3-6-16(17)21/h3-14,30,35H,29H2,1-2H3,(H,31,34). The number of aromatic amines is 1. The Hall–Kier alpha value is -4.43. The van der Waals surface area contributed by atoms with Crippen molar-refractivity contribution in [2.75, 3.05) is 5.73 Å². The van der Waals surface area contributed by atoms with Crippen molar-refractivity contribution in [1.82, 2.24) is 10.3 Å². The van der Waals surface area contributed by atoms with Crippen LogP contribution in [0.3, 0.4) is 0 Å². The first kappa shape index (κ1) is 22.1. The molecule has 1 aliphatic carbocycles. The van der Waals surface area contributed by atoms with Gasteiger partial charge in [0.05, 0.1) is 11.1 Å². The number of hydrogen-bond acceptors (Lipinski definition) is 6. The van der Waals surface area contributed by atoms with Crippen molar-refractivity contribution < 1.29 is 24.2 Å². The number of hydrogen-bond donors (Lipinski definition) is 4. The highest BCUT2D eigenvalue weighted by Crippen LogP contribution is 2.59. The van der Waals surface area contributed by atoms with E-state index in [0.717, 1.165) is 5.56 Å². The number of benzene rings is 3. The molecule has 0 spiro atoms. The number of nitrogens with two attached hydrogens (primary N) is 1. The number of aromatic nitrogens is 1. The third-order valence-electron chi connectivity index (χ3n) is 7.21. The normalized spacial score (nSPS) is 21.7. The van der Waals surface area contributed by atoms with Gasteiger partial charge in [0, 0.05) is 33.9 Å². The number of fused-ring (bicyclic) bond motifs is 6. The molecular formula is C28H23N3O5. The molecule has 4 aromatic rings. The van der Waals surface area contributed by atoms with Gasteiger partial charge < -0.3 is 25.9 Å². The number of amides is 1. The van der Waals surface area contributed by atoms with Gasteiger partial charge in [-0.05, 0) is 29.7 Å². The van der Waals surface area contributed by atoms with Gasteiger partial charge in [0.1, 0.15) is 5.75 Å². The molecule has 0 fully saturated rings. The Balaban J connectivity index is 1.51. The minimum atomic E-state index is -2.29. The zero-order valence-corrected chi connectivity index (χ0v) is 19.6. The monoisotopic (exact) mass is 481 g/mol. The molecule has 0 radical (unpaired) electrons. The molecule has 0 saturated heterocycles. The fourth-order valence-corrected chi connectivity index (χ4v) is 5.35. The summed E-state index contributed by atoms with van der Waals surface area (Å²) in [5.41, 5.74) is 6.39. The Labute approximate surface area is 206 Å². The van der Waals surface area contributed by atoms with Crippen LogP contribution in [0.15, 0.2) is 66.9 Å². The van der Waals surface area contributed by atoms with E-state index in [-0.39, 0.29) is 39.6 Å². The van der Waals surface area contributed by atoms with Gasteiger partial charge in [0.25, 0.3) is 17.5 Å².